The number of carbonyl (C=O) groups excluding carboxylic acids is 2. The molecule has 10 heteroatoms. The number of urea groups is 1. The molecule has 1 atom stereocenters. The lowest BCUT2D eigenvalue weighted by Crippen LogP contribution is -2.48. The van der Waals surface area contributed by atoms with Crippen LogP contribution in [0.5, 0.6) is 0 Å². The topological polar surface area (TPSA) is 105 Å². The van der Waals surface area contributed by atoms with E-state index in [4.69, 9.17) is 5.11 Å². The number of aliphatic carboxylic acids is 1. The first-order valence-electron chi connectivity index (χ1n) is 5.06. The largest absolute Gasteiger partial charge is 0.480 e. The molecule has 0 radical (unpaired) electrons. The van der Waals surface area contributed by atoms with Gasteiger partial charge in [-0.25, -0.2) is 9.59 Å². The number of methoxy groups -OCH3 is 1. The van der Waals surface area contributed by atoms with Gasteiger partial charge < -0.3 is 20.5 Å². The van der Waals surface area contributed by atoms with Crippen LogP contribution in [0, 0.1) is 0 Å². The number of alkyl halides is 3. The van der Waals surface area contributed by atoms with Gasteiger partial charge in [-0.15, -0.1) is 0 Å². The fourth-order valence-corrected chi connectivity index (χ4v) is 1.01. The highest BCUT2D eigenvalue weighted by molar-refractivity contribution is 5.83. The van der Waals surface area contributed by atoms with E-state index in [1.165, 1.54) is 5.32 Å². The highest BCUT2D eigenvalue weighted by atomic mass is 19.4. The number of hydrogen-bond donors (Lipinski definition) is 3. The summed E-state index contributed by atoms with van der Waals surface area (Å²) < 4.78 is 39.6. The Morgan fingerprint density at radius 3 is 2.32 bits per heavy atom. The number of hydrogen-bond acceptors (Lipinski definition) is 4. The molecule has 2 amide bonds. The SMILES string of the molecule is COC(=O)CC[C@@H](NC(=O)NCC(F)(F)F)C(=O)O. The van der Waals surface area contributed by atoms with E-state index in [0.717, 1.165) is 7.11 Å². The van der Waals surface area contributed by atoms with E-state index in [1.807, 2.05) is 5.32 Å². The Morgan fingerprint density at radius 1 is 1.32 bits per heavy atom. The van der Waals surface area contributed by atoms with Gasteiger partial charge in [-0.2, -0.15) is 13.2 Å². The minimum atomic E-state index is -4.60. The molecule has 0 saturated heterocycles. The van der Waals surface area contributed by atoms with E-state index in [2.05, 4.69) is 4.74 Å². The van der Waals surface area contributed by atoms with Crippen LogP contribution in [0.3, 0.4) is 0 Å². The molecule has 0 spiro atoms. The maximum absolute atomic E-state index is 11.8. The van der Waals surface area contributed by atoms with Crippen molar-refractivity contribution in [1.29, 1.82) is 0 Å². The second-order valence-corrected chi connectivity index (χ2v) is 3.45. The maximum atomic E-state index is 11.8. The lowest BCUT2D eigenvalue weighted by atomic mass is 10.1. The second kappa shape index (κ2) is 7.44. The van der Waals surface area contributed by atoms with E-state index in [1.54, 1.807) is 0 Å². The summed E-state index contributed by atoms with van der Waals surface area (Å²) in [7, 11) is 1.10. The summed E-state index contributed by atoms with van der Waals surface area (Å²) in [6.45, 7) is -1.58. The first-order valence-corrected chi connectivity index (χ1v) is 5.06. The van der Waals surface area contributed by atoms with Crippen LogP contribution in [0.1, 0.15) is 12.8 Å². The van der Waals surface area contributed by atoms with Crippen LogP contribution in [0.15, 0.2) is 0 Å². The third kappa shape index (κ3) is 8.69. The molecule has 19 heavy (non-hydrogen) atoms. The van der Waals surface area contributed by atoms with Gasteiger partial charge in [-0.05, 0) is 6.42 Å². The standard InChI is InChI=1S/C9H13F3N2O5/c1-19-6(15)3-2-5(7(16)17)14-8(18)13-4-9(10,11)12/h5H,2-4H2,1H3,(H,16,17)(H2,13,14,18)/t5-/m1/s1. The Morgan fingerprint density at radius 2 is 1.89 bits per heavy atom. The van der Waals surface area contributed by atoms with Gasteiger partial charge in [0, 0.05) is 6.42 Å². The van der Waals surface area contributed by atoms with Crippen molar-refractivity contribution in [3.8, 4) is 0 Å². The molecular weight excluding hydrogens is 273 g/mol. The summed E-state index contributed by atoms with van der Waals surface area (Å²) in [6.07, 6.45) is -5.17. The molecule has 0 bridgehead atoms. The minimum absolute atomic E-state index is 0.285. The van der Waals surface area contributed by atoms with Gasteiger partial charge in [0.05, 0.1) is 7.11 Å². The first-order chi connectivity index (χ1) is 8.65. The molecule has 0 rings (SSSR count). The molecule has 0 aromatic heterocycles. The fraction of sp³-hybridized carbons (Fsp3) is 0.667. The number of carbonyl (C=O) groups is 3. The molecule has 0 aromatic rings. The van der Waals surface area contributed by atoms with Crippen molar-refractivity contribution < 1.29 is 37.4 Å². The van der Waals surface area contributed by atoms with Crippen molar-refractivity contribution in [3.63, 3.8) is 0 Å². The zero-order valence-corrected chi connectivity index (χ0v) is 9.91. The lowest BCUT2D eigenvalue weighted by Gasteiger charge is -2.15. The van der Waals surface area contributed by atoms with Crippen LogP contribution >= 0.6 is 0 Å². The van der Waals surface area contributed by atoms with Crippen LogP contribution in [0.2, 0.25) is 0 Å². The Bertz CT molecular complexity index is 345. The van der Waals surface area contributed by atoms with E-state index >= 15 is 0 Å². The number of esters is 1. The van der Waals surface area contributed by atoms with Crippen LogP contribution in [0.4, 0.5) is 18.0 Å². The van der Waals surface area contributed by atoms with Crippen LogP contribution in [0.25, 0.3) is 0 Å². The monoisotopic (exact) mass is 286 g/mol. The number of halogens is 3. The molecular formula is C9H13F3N2O5. The van der Waals surface area contributed by atoms with Gasteiger partial charge in [0.1, 0.15) is 12.6 Å². The summed E-state index contributed by atoms with van der Waals surface area (Å²) >= 11 is 0. The van der Waals surface area contributed by atoms with Gasteiger partial charge in [0.25, 0.3) is 0 Å². The van der Waals surface area contributed by atoms with E-state index in [-0.39, 0.29) is 12.8 Å². The molecule has 0 aliphatic rings. The van der Waals surface area contributed by atoms with Crippen LogP contribution in [-0.4, -0.2) is 48.9 Å². The summed E-state index contributed by atoms with van der Waals surface area (Å²) in [5.41, 5.74) is 0. The number of amides is 2. The molecule has 0 aromatic carbocycles. The molecule has 0 saturated carbocycles. The van der Waals surface area contributed by atoms with Crippen molar-refractivity contribution in [3.05, 3.63) is 0 Å². The molecule has 0 heterocycles. The molecule has 0 unspecified atom stereocenters. The average molecular weight is 286 g/mol. The van der Waals surface area contributed by atoms with Crippen molar-refractivity contribution in [2.24, 2.45) is 0 Å². The number of ether oxygens (including phenoxy) is 1. The van der Waals surface area contributed by atoms with Gasteiger partial charge >= 0.3 is 24.1 Å². The minimum Gasteiger partial charge on any atom is -0.480 e. The molecule has 110 valence electrons. The van der Waals surface area contributed by atoms with Crippen molar-refractivity contribution in [1.82, 2.24) is 10.6 Å². The number of carboxylic acids is 1. The third-order valence-electron chi connectivity index (χ3n) is 1.92. The van der Waals surface area contributed by atoms with Crippen molar-refractivity contribution >= 4 is 18.0 Å². The zero-order valence-electron chi connectivity index (χ0n) is 9.91. The van der Waals surface area contributed by atoms with E-state index in [9.17, 15) is 27.6 Å². The predicted octanol–water partition coefficient (Wildman–Crippen LogP) is 0.254. The molecule has 0 fully saturated rings. The van der Waals surface area contributed by atoms with Crippen LogP contribution in [-0.2, 0) is 14.3 Å². The van der Waals surface area contributed by atoms with E-state index in [0.29, 0.717) is 0 Å². The number of carboxylic acid groups (broad SMARTS) is 1. The normalized spacial score (nSPS) is 12.4. The summed E-state index contributed by atoms with van der Waals surface area (Å²) in [5, 5.41) is 12.0. The second-order valence-electron chi connectivity index (χ2n) is 3.45. The molecule has 3 N–H and O–H groups in total. The van der Waals surface area contributed by atoms with Gasteiger partial charge in [-0.3, -0.25) is 4.79 Å². The van der Waals surface area contributed by atoms with Gasteiger partial charge in [0.15, 0.2) is 0 Å². The Balaban J connectivity index is 4.23. The first kappa shape index (κ1) is 17.0. The van der Waals surface area contributed by atoms with E-state index < -0.39 is 36.7 Å². The van der Waals surface area contributed by atoms with Crippen molar-refractivity contribution in [2.75, 3.05) is 13.7 Å². The Kier molecular flexibility index (Phi) is 6.66. The molecule has 0 aliphatic carbocycles. The Hall–Kier alpha value is -2.00. The zero-order chi connectivity index (χ0) is 15.1. The highest BCUT2D eigenvalue weighted by Gasteiger charge is 2.29. The van der Waals surface area contributed by atoms with Gasteiger partial charge in [-0.1, -0.05) is 0 Å². The summed E-state index contributed by atoms with van der Waals surface area (Å²) in [4.78, 5) is 32.5. The third-order valence-corrected chi connectivity index (χ3v) is 1.92. The average Bonchev–Trinajstić information content (AvgIpc) is 2.30. The number of nitrogens with one attached hydrogen (secondary N) is 2. The van der Waals surface area contributed by atoms with Crippen molar-refractivity contribution in [2.45, 2.75) is 25.1 Å². The number of rotatable bonds is 6. The Labute approximate surface area is 106 Å². The maximum Gasteiger partial charge on any atom is 0.405 e. The highest BCUT2D eigenvalue weighted by Crippen LogP contribution is 2.12. The van der Waals surface area contributed by atoms with Gasteiger partial charge in [0.2, 0.25) is 0 Å². The quantitative estimate of drug-likeness (QED) is 0.607. The summed E-state index contributed by atoms with van der Waals surface area (Å²) in [5.74, 6) is -2.16. The molecule has 7 nitrogen and oxygen atoms in total. The fourth-order valence-electron chi connectivity index (χ4n) is 1.01. The predicted molar refractivity (Wildman–Crippen MR) is 55.3 cm³/mol. The molecule has 0 aliphatic heterocycles. The summed E-state index contributed by atoms with van der Waals surface area (Å²) in [6, 6.07) is -2.76. The lowest BCUT2D eigenvalue weighted by molar-refractivity contribution is -0.142. The smallest absolute Gasteiger partial charge is 0.405 e. The van der Waals surface area contributed by atoms with Crippen LogP contribution < -0.4 is 10.6 Å².